The molecule has 8 nitrogen and oxygen atoms in total. The summed E-state index contributed by atoms with van der Waals surface area (Å²) in [5, 5.41) is 9.63. The minimum Gasteiger partial charge on any atom is -0.396 e. The number of hydrogen-bond donors (Lipinski definition) is 1. The number of nitrogens with zero attached hydrogens (tertiary/aromatic N) is 3. The maximum absolute atomic E-state index is 14.5. The van der Waals surface area contributed by atoms with Crippen molar-refractivity contribution in [2.75, 3.05) is 26.2 Å². The molecule has 5 rings (SSSR count). The highest BCUT2D eigenvalue weighted by atomic mass is 16.5. The van der Waals surface area contributed by atoms with Gasteiger partial charge in [-0.15, -0.1) is 0 Å². The number of aliphatic hydroxyl groups excluding tert-OH is 1. The fraction of sp³-hybridized carbons (Fsp3) is 0.594. The second-order valence-corrected chi connectivity index (χ2v) is 13.5. The summed E-state index contributed by atoms with van der Waals surface area (Å²) in [4.78, 5) is 48.1. The smallest absolute Gasteiger partial charge is 0.249 e. The van der Waals surface area contributed by atoms with Crippen molar-refractivity contribution in [3.63, 3.8) is 0 Å². The predicted octanol–water partition coefficient (Wildman–Crippen LogP) is 3.16. The van der Waals surface area contributed by atoms with Gasteiger partial charge in [-0.25, -0.2) is 0 Å². The summed E-state index contributed by atoms with van der Waals surface area (Å²) in [6.07, 6.45) is 8.18. The van der Waals surface area contributed by atoms with Gasteiger partial charge in [0.15, 0.2) is 0 Å². The number of aliphatic hydroxyl groups is 1. The Labute approximate surface area is 237 Å². The largest absolute Gasteiger partial charge is 0.396 e. The monoisotopic (exact) mass is 549 g/mol. The lowest BCUT2D eigenvalue weighted by Gasteiger charge is -2.44. The molecule has 0 radical (unpaired) electrons. The van der Waals surface area contributed by atoms with E-state index in [-0.39, 0.29) is 36.3 Å². The van der Waals surface area contributed by atoms with Gasteiger partial charge >= 0.3 is 0 Å². The van der Waals surface area contributed by atoms with Crippen LogP contribution in [0.5, 0.6) is 0 Å². The van der Waals surface area contributed by atoms with Gasteiger partial charge in [-0.05, 0) is 37.7 Å². The fourth-order valence-corrected chi connectivity index (χ4v) is 7.55. The van der Waals surface area contributed by atoms with Crippen LogP contribution < -0.4 is 0 Å². The Morgan fingerprint density at radius 3 is 2.38 bits per heavy atom. The zero-order chi connectivity index (χ0) is 28.9. The predicted molar refractivity (Wildman–Crippen MR) is 152 cm³/mol. The summed E-state index contributed by atoms with van der Waals surface area (Å²) < 4.78 is 6.73. The molecule has 5 atom stereocenters. The average molecular weight is 550 g/mol. The van der Waals surface area contributed by atoms with Gasteiger partial charge < -0.3 is 24.5 Å². The van der Waals surface area contributed by atoms with Crippen LogP contribution in [-0.2, 0) is 25.7 Å². The summed E-state index contributed by atoms with van der Waals surface area (Å²) in [5.74, 6) is -2.10. The molecule has 4 aliphatic heterocycles. The molecule has 2 saturated heterocycles. The highest BCUT2D eigenvalue weighted by molar-refractivity contribution is 6.00. The molecule has 0 aromatic heterocycles. The van der Waals surface area contributed by atoms with Gasteiger partial charge in [-0.1, -0.05) is 75.4 Å². The molecule has 3 amide bonds. The lowest BCUT2D eigenvalue weighted by Crippen LogP contribution is -2.60. The van der Waals surface area contributed by atoms with E-state index in [2.05, 4.69) is 34.6 Å². The molecule has 1 N–H and O–H groups in total. The molecular formula is C32H43N3O5. The third-order valence-electron chi connectivity index (χ3n) is 8.71. The number of carbonyl (C=O) groups is 3. The van der Waals surface area contributed by atoms with Crippen molar-refractivity contribution in [2.24, 2.45) is 17.3 Å². The number of rotatable bonds is 7. The van der Waals surface area contributed by atoms with Crippen molar-refractivity contribution in [1.82, 2.24) is 14.7 Å². The molecule has 1 aromatic rings. The molecule has 1 unspecified atom stereocenters. The molecule has 4 aliphatic rings. The molecule has 4 heterocycles. The summed E-state index contributed by atoms with van der Waals surface area (Å²) in [6.45, 7) is 12.0. The lowest BCUT2D eigenvalue weighted by atomic mass is 9.77. The molecule has 1 aromatic carbocycles. The Morgan fingerprint density at radius 2 is 1.70 bits per heavy atom. The van der Waals surface area contributed by atoms with Gasteiger partial charge in [0, 0.05) is 38.3 Å². The van der Waals surface area contributed by atoms with Crippen molar-refractivity contribution in [1.29, 1.82) is 0 Å². The summed E-state index contributed by atoms with van der Waals surface area (Å²) >= 11 is 0. The number of ether oxygens (including phenoxy) is 1. The van der Waals surface area contributed by atoms with E-state index in [0.29, 0.717) is 26.1 Å². The maximum Gasteiger partial charge on any atom is 0.249 e. The zero-order valence-electron chi connectivity index (χ0n) is 24.4. The Kier molecular flexibility index (Phi) is 7.46. The van der Waals surface area contributed by atoms with Crippen molar-refractivity contribution >= 4 is 17.7 Å². The zero-order valence-corrected chi connectivity index (χ0v) is 24.4. The molecule has 8 heteroatoms. The van der Waals surface area contributed by atoms with E-state index in [1.54, 1.807) is 9.80 Å². The van der Waals surface area contributed by atoms with E-state index in [1.165, 1.54) is 0 Å². The lowest BCUT2D eigenvalue weighted by molar-refractivity contribution is -0.152. The first-order chi connectivity index (χ1) is 18.9. The average Bonchev–Trinajstić information content (AvgIpc) is 3.18. The third-order valence-corrected chi connectivity index (χ3v) is 8.71. The molecule has 2 fully saturated rings. The number of benzene rings is 1. The van der Waals surface area contributed by atoms with Crippen molar-refractivity contribution in [2.45, 2.75) is 77.3 Å². The minimum absolute atomic E-state index is 0.0153. The van der Waals surface area contributed by atoms with Gasteiger partial charge in [0.05, 0.1) is 17.9 Å². The standard InChI is InChI=1S/C32H43N3O5/c1-30(2,3)21-31(4,5)35-18-10-15-32-25(28(38)34(17-11-19-36)26(32)29(35)39)24-23(40-32)14-9-16-33(27(24)37)20-22-12-7-6-8-13-22/h6-10,12-15,23-26,36H,11,16-21H2,1-5H3/t23-,24+,25-,26?,32-/m0/s1. The number of likely N-dealkylation sites (tertiary alicyclic amines) is 1. The van der Waals surface area contributed by atoms with Gasteiger partial charge in [-0.3, -0.25) is 14.4 Å². The molecule has 40 heavy (non-hydrogen) atoms. The summed E-state index contributed by atoms with van der Waals surface area (Å²) in [6, 6.07) is 8.91. The van der Waals surface area contributed by atoms with Crippen LogP contribution in [0.25, 0.3) is 0 Å². The van der Waals surface area contributed by atoms with Crippen LogP contribution in [0.2, 0.25) is 0 Å². The van der Waals surface area contributed by atoms with E-state index < -0.39 is 35.1 Å². The van der Waals surface area contributed by atoms with Crippen LogP contribution in [0.4, 0.5) is 0 Å². The van der Waals surface area contributed by atoms with Crippen molar-refractivity contribution in [3.05, 3.63) is 60.2 Å². The second kappa shape index (κ2) is 10.5. The molecule has 0 bridgehead atoms. The van der Waals surface area contributed by atoms with E-state index >= 15 is 0 Å². The first kappa shape index (κ1) is 28.6. The molecule has 0 aliphatic carbocycles. The van der Waals surface area contributed by atoms with E-state index in [1.807, 2.05) is 59.5 Å². The molecular weight excluding hydrogens is 506 g/mol. The van der Waals surface area contributed by atoms with Gasteiger partial charge in [0.25, 0.3) is 0 Å². The van der Waals surface area contributed by atoms with Gasteiger partial charge in [0.2, 0.25) is 17.7 Å². The Hall–Kier alpha value is -2.97. The van der Waals surface area contributed by atoms with Crippen LogP contribution >= 0.6 is 0 Å². The highest BCUT2D eigenvalue weighted by Gasteiger charge is 2.72. The van der Waals surface area contributed by atoms with E-state index in [4.69, 9.17) is 4.74 Å². The first-order valence-electron chi connectivity index (χ1n) is 14.5. The van der Waals surface area contributed by atoms with Crippen LogP contribution in [0.1, 0.15) is 53.0 Å². The molecule has 0 saturated carbocycles. The fourth-order valence-electron chi connectivity index (χ4n) is 7.55. The summed E-state index contributed by atoms with van der Waals surface area (Å²) in [5.41, 5.74) is -0.724. The third kappa shape index (κ3) is 4.90. The Balaban J connectivity index is 1.53. The van der Waals surface area contributed by atoms with Crippen LogP contribution in [0.15, 0.2) is 54.6 Å². The second-order valence-electron chi connectivity index (χ2n) is 13.5. The summed E-state index contributed by atoms with van der Waals surface area (Å²) in [7, 11) is 0. The van der Waals surface area contributed by atoms with Gasteiger partial charge in [-0.2, -0.15) is 0 Å². The van der Waals surface area contributed by atoms with Crippen molar-refractivity contribution < 1.29 is 24.2 Å². The van der Waals surface area contributed by atoms with Gasteiger partial charge in [0.1, 0.15) is 11.6 Å². The number of hydrogen-bond acceptors (Lipinski definition) is 5. The normalized spacial score (nSPS) is 30.4. The van der Waals surface area contributed by atoms with Crippen molar-refractivity contribution in [3.8, 4) is 0 Å². The highest BCUT2D eigenvalue weighted by Crippen LogP contribution is 2.54. The van der Waals surface area contributed by atoms with Crippen LogP contribution in [0, 0.1) is 17.3 Å². The number of fused-ring (bicyclic) bond motifs is 2. The number of carbonyl (C=O) groups excluding carboxylic acids is 3. The Bertz CT molecular complexity index is 1200. The maximum atomic E-state index is 14.5. The first-order valence-corrected chi connectivity index (χ1v) is 14.5. The van der Waals surface area contributed by atoms with Crippen LogP contribution in [-0.4, -0.2) is 87.1 Å². The molecule has 1 spiro atoms. The SMILES string of the molecule is CC(C)(C)CC(C)(C)N1CC=C[C@]23O[C@H]4C=CCN(Cc5ccccc5)C(=O)[C@H]4[C@H]2C(=O)N(CCCO)C3C1=O. The Morgan fingerprint density at radius 1 is 0.975 bits per heavy atom. The minimum atomic E-state index is -1.25. The quantitative estimate of drug-likeness (QED) is 0.528. The topological polar surface area (TPSA) is 90.4 Å². The van der Waals surface area contributed by atoms with Crippen LogP contribution in [0.3, 0.4) is 0 Å². The van der Waals surface area contributed by atoms with E-state index in [0.717, 1.165) is 12.0 Å². The number of amides is 3. The van der Waals surface area contributed by atoms with E-state index in [9.17, 15) is 19.5 Å². The molecule has 216 valence electrons.